The van der Waals surface area contributed by atoms with E-state index in [9.17, 15) is 19.2 Å². The fourth-order valence-corrected chi connectivity index (χ4v) is 4.08. The predicted molar refractivity (Wildman–Crippen MR) is 123 cm³/mol. The molecule has 8 heteroatoms. The number of carbonyl (C=O) groups is 1. The van der Waals surface area contributed by atoms with Crippen molar-refractivity contribution in [3.8, 4) is 17.5 Å². The molecule has 1 heterocycles. The van der Waals surface area contributed by atoms with E-state index in [1.807, 2.05) is 13.0 Å². The zero-order chi connectivity index (χ0) is 23.3. The lowest BCUT2D eigenvalue weighted by Gasteiger charge is -2.06. The second-order valence-electron chi connectivity index (χ2n) is 7.01. The minimum Gasteiger partial charge on any atom is -0.497 e. The fraction of sp³-hybridized carbons (Fsp3) is 0.208. The largest absolute Gasteiger partial charge is 0.497 e. The van der Waals surface area contributed by atoms with E-state index in [1.165, 1.54) is 10.6 Å². The molecule has 0 aliphatic rings. The molecule has 0 aliphatic heterocycles. The van der Waals surface area contributed by atoms with Gasteiger partial charge in [0.05, 0.1) is 17.3 Å². The number of thiazole rings is 1. The van der Waals surface area contributed by atoms with E-state index in [2.05, 4.69) is 5.32 Å². The summed E-state index contributed by atoms with van der Waals surface area (Å²) in [6.07, 6.45) is 2.36. The van der Waals surface area contributed by atoms with Crippen LogP contribution in [0.4, 0.5) is 4.39 Å². The van der Waals surface area contributed by atoms with Crippen molar-refractivity contribution in [2.75, 3.05) is 13.7 Å². The number of rotatable bonds is 6. The van der Waals surface area contributed by atoms with Gasteiger partial charge in [-0.1, -0.05) is 25.1 Å². The Hall–Kier alpha value is -3.70. The van der Waals surface area contributed by atoms with Crippen molar-refractivity contribution in [1.29, 1.82) is 5.26 Å². The molecule has 0 bridgehead atoms. The van der Waals surface area contributed by atoms with Crippen LogP contribution in [0.5, 0.6) is 5.75 Å². The molecule has 1 N–H and O–H groups in total. The fourth-order valence-electron chi connectivity index (χ4n) is 2.98. The maximum absolute atomic E-state index is 14.3. The van der Waals surface area contributed by atoms with Gasteiger partial charge in [0.25, 0.3) is 11.5 Å². The molecular formula is C24H22FN3O3S. The second-order valence-corrected chi connectivity index (χ2v) is 8.04. The van der Waals surface area contributed by atoms with E-state index in [0.717, 1.165) is 16.9 Å². The average Bonchev–Trinajstić information content (AvgIpc) is 3.10. The first kappa shape index (κ1) is 23.0. The van der Waals surface area contributed by atoms with E-state index in [-0.39, 0.29) is 15.9 Å². The maximum Gasteiger partial charge on any atom is 0.273 e. The number of aromatic nitrogens is 1. The van der Waals surface area contributed by atoms with Crippen LogP contribution in [0.1, 0.15) is 24.5 Å². The highest BCUT2D eigenvalue weighted by atomic mass is 32.1. The molecular weight excluding hydrogens is 429 g/mol. The molecule has 164 valence electrons. The van der Waals surface area contributed by atoms with E-state index < -0.39 is 17.3 Å². The van der Waals surface area contributed by atoms with Gasteiger partial charge in [-0.2, -0.15) is 5.26 Å². The van der Waals surface area contributed by atoms with Gasteiger partial charge in [0.2, 0.25) is 0 Å². The molecule has 0 atom stereocenters. The molecule has 0 spiro atoms. The summed E-state index contributed by atoms with van der Waals surface area (Å²) in [5.41, 5.74) is 0.770. The standard InChI is InChI=1S/C24H22FN3O3S/c1-4-11-27-22(29)19(14-26)24-28(17-8-5-15(2)20(25)13-17)23(30)21(32-24)12-16-6-9-18(31-3)10-7-16/h5-10,12-13H,4,11H2,1-3H3,(H,27,29). The van der Waals surface area contributed by atoms with E-state index in [0.29, 0.717) is 28.8 Å². The molecule has 0 saturated carbocycles. The zero-order valence-corrected chi connectivity index (χ0v) is 18.8. The van der Waals surface area contributed by atoms with Gasteiger partial charge in [0.15, 0.2) is 5.57 Å². The molecule has 3 aromatic rings. The molecule has 2 aromatic carbocycles. The minimum atomic E-state index is -0.576. The first-order chi connectivity index (χ1) is 15.4. The summed E-state index contributed by atoms with van der Waals surface area (Å²) in [6, 6.07) is 13.4. The van der Waals surface area contributed by atoms with Crippen LogP contribution in [-0.4, -0.2) is 24.1 Å². The third-order valence-electron chi connectivity index (χ3n) is 4.74. The van der Waals surface area contributed by atoms with Crippen LogP contribution in [0.3, 0.4) is 0 Å². The molecule has 1 aromatic heterocycles. The first-order valence-electron chi connectivity index (χ1n) is 9.96. The van der Waals surface area contributed by atoms with Gasteiger partial charge in [-0.05, 0) is 54.8 Å². The van der Waals surface area contributed by atoms with Crippen molar-refractivity contribution in [3.63, 3.8) is 0 Å². The monoisotopic (exact) mass is 451 g/mol. The highest BCUT2D eigenvalue weighted by Crippen LogP contribution is 2.13. The van der Waals surface area contributed by atoms with Gasteiger partial charge in [-0.15, -0.1) is 11.3 Å². The molecule has 32 heavy (non-hydrogen) atoms. The van der Waals surface area contributed by atoms with Gasteiger partial charge in [0.1, 0.15) is 22.3 Å². The van der Waals surface area contributed by atoms with Crippen molar-refractivity contribution in [2.45, 2.75) is 20.3 Å². The van der Waals surface area contributed by atoms with Crippen LogP contribution in [0, 0.1) is 24.1 Å². The minimum absolute atomic E-state index is 0.147. The molecule has 0 saturated heterocycles. The normalized spacial score (nSPS) is 12.3. The van der Waals surface area contributed by atoms with Crippen molar-refractivity contribution < 1.29 is 13.9 Å². The van der Waals surface area contributed by atoms with Gasteiger partial charge in [-0.25, -0.2) is 4.39 Å². The van der Waals surface area contributed by atoms with Crippen LogP contribution in [0.25, 0.3) is 17.3 Å². The summed E-state index contributed by atoms with van der Waals surface area (Å²) in [4.78, 5) is 25.9. The number of nitrogens with zero attached hydrogens (tertiary/aromatic N) is 2. The van der Waals surface area contributed by atoms with Crippen LogP contribution >= 0.6 is 11.3 Å². The Morgan fingerprint density at radius 2 is 2.00 bits per heavy atom. The predicted octanol–water partition coefficient (Wildman–Crippen LogP) is 2.38. The molecule has 6 nitrogen and oxygen atoms in total. The number of nitriles is 1. The quantitative estimate of drug-likeness (QED) is 0.624. The SMILES string of the molecule is CCCNC(=O)C(C#N)=c1sc(=Cc2ccc(OC)cc2)c(=O)n1-c1ccc(C)c(F)c1. The van der Waals surface area contributed by atoms with Crippen LogP contribution in [0.15, 0.2) is 47.3 Å². The maximum atomic E-state index is 14.3. The Labute approximate surface area is 188 Å². The Morgan fingerprint density at radius 3 is 2.59 bits per heavy atom. The topological polar surface area (TPSA) is 84.1 Å². The molecule has 0 radical (unpaired) electrons. The molecule has 1 amide bonds. The number of amides is 1. The van der Waals surface area contributed by atoms with Crippen molar-refractivity contribution in [1.82, 2.24) is 9.88 Å². The Morgan fingerprint density at radius 1 is 1.28 bits per heavy atom. The van der Waals surface area contributed by atoms with Crippen molar-refractivity contribution in [3.05, 3.63) is 79.0 Å². The van der Waals surface area contributed by atoms with E-state index >= 15 is 0 Å². The van der Waals surface area contributed by atoms with Gasteiger partial charge in [-0.3, -0.25) is 14.2 Å². The highest BCUT2D eigenvalue weighted by Gasteiger charge is 2.17. The summed E-state index contributed by atoms with van der Waals surface area (Å²) in [7, 11) is 1.56. The number of ether oxygens (including phenoxy) is 1. The summed E-state index contributed by atoms with van der Waals surface area (Å²) in [5.74, 6) is -0.386. The summed E-state index contributed by atoms with van der Waals surface area (Å²) in [5, 5.41) is 12.4. The van der Waals surface area contributed by atoms with Crippen LogP contribution < -0.4 is 24.8 Å². The van der Waals surface area contributed by atoms with E-state index in [1.54, 1.807) is 56.5 Å². The molecule has 3 rings (SSSR count). The average molecular weight is 452 g/mol. The number of hydrogen-bond donors (Lipinski definition) is 1. The molecule has 0 aliphatic carbocycles. The first-order valence-corrected chi connectivity index (χ1v) is 10.8. The number of benzene rings is 2. The second kappa shape index (κ2) is 10.1. The third kappa shape index (κ3) is 4.79. The Balaban J connectivity index is 2.32. The lowest BCUT2D eigenvalue weighted by atomic mass is 10.2. The number of nitrogens with one attached hydrogen (secondary N) is 1. The number of halogens is 1. The Bertz CT molecular complexity index is 1370. The number of methoxy groups -OCH3 is 1. The van der Waals surface area contributed by atoms with Gasteiger partial charge >= 0.3 is 0 Å². The van der Waals surface area contributed by atoms with Crippen LogP contribution in [-0.2, 0) is 4.79 Å². The number of carbonyl (C=O) groups excluding carboxylic acids is 1. The lowest BCUT2D eigenvalue weighted by Crippen LogP contribution is -2.34. The smallest absolute Gasteiger partial charge is 0.273 e. The summed E-state index contributed by atoms with van der Waals surface area (Å²) >= 11 is 1.01. The van der Waals surface area contributed by atoms with Crippen LogP contribution in [0.2, 0.25) is 0 Å². The lowest BCUT2D eigenvalue weighted by molar-refractivity contribution is -0.115. The van der Waals surface area contributed by atoms with Crippen molar-refractivity contribution >= 4 is 28.9 Å². The third-order valence-corrected chi connectivity index (χ3v) is 5.83. The molecule has 0 unspecified atom stereocenters. The van der Waals surface area contributed by atoms with Crippen molar-refractivity contribution in [2.24, 2.45) is 0 Å². The van der Waals surface area contributed by atoms with Gasteiger partial charge in [0, 0.05) is 6.54 Å². The zero-order valence-electron chi connectivity index (χ0n) is 17.9. The van der Waals surface area contributed by atoms with E-state index in [4.69, 9.17) is 4.74 Å². The molecule has 0 fully saturated rings. The highest BCUT2D eigenvalue weighted by molar-refractivity contribution is 7.07. The summed E-state index contributed by atoms with van der Waals surface area (Å²) in [6.45, 7) is 3.90. The number of hydrogen-bond acceptors (Lipinski definition) is 5. The summed E-state index contributed by atoms with van der Waals surface area (Å²) < 4.78 is 21.1. The number of aryl methyl sites for hydroxylation is 1. The Kier molecular flexibility index (Phi) is 7.23. The van der Waals surface area contributed by atoms with Gasteiger partial charge < -0.3 is 10.1 Å².